The lowest BCUT2D eigenvalue weighted by Crippen LogP contribution is -2.52. The van der Waals surface area contributed by atoms with Gasteiger partial charge in [0, 0.05) is 34.2 Å². The van der Waals surface area contributed by atoms with Crippen molar-refractivity contribution in [1.82, 2.24) is 5.32 Å². The molecule has 7 heteroatoms. The molecule has 0 fully saturated rings. The maximum atomic E-state index is 14.6. The van der Waals surface area contributed by atoms with Gasteiger partial charge in [-0.15, -0.1) is 0 Å². The molecule has 6 rings (SSSR count). The number of halogens is 1. The highest BCUT2D eigenvalue weighted by atomic mass is 19.1. The third-order valence-electron chi connectivity index (χ3n) is 7.10. The van der Waals surface area contributed by atoms with Crippen LogP contribution in [0.1, 0.15) is 37.5 Å². The second kappa shape index (κ2) is 8.25. The molecule has 2 unspecified atom stereocenters. The fraction of sp³-hybridized carbons (Fsp3) is 0.310. The van der Waals surface area contributed by atoms with E-state index in [4.69, 9.17) is 18.9 Å². The van der Waals surface area contributed by atoms with Crippen LogP contribution < -0.4 is 19.5 Å². The first kappa shape index (κ1) is 22.9. The van der Waals surface area contributed by atoms with E-state index < -0.39 is 0 Å². The van der Waals surface area contributed by atoms with E-state index >= 15 is 0 Å². The third kappa shape index (κ3) is 3.62. The number of hydrogen-bond donors (Lipinski definition) is 2. The van der Waals surface area contributed by atoms with Crippen molar-refractivity contribution < 1.29 is 28.4 Å². The topological polar surface area (TPSA) is 69.2 Å². The molecule has 3 heterocycles. The monoisotopic (exact) mass is 489 g/mol. The lowest BCUT2D eigenvalue weighted by molar-refractivity contribution is -0.0167. The number of phenolic OH excluding ortho intramolecular Hbond substituents is 1. The standard InChI is InChI=1S/C29H28FNO5/c1-15-12-29(2,3)31-20-6-5-19-25(24(15)20)23(36-22-8-7-21(32)28(33-4)26(19)22)11-16-9-18(30)10-17-13-34-14-35-27(16)17/h5-12,20,24,31-32H,13-14H2,1-4H3/b23-11-. The minimum Gasteiger partial charge on any atom is -0.504 e. The summed E-state index contributed by atoms with van der Waals surface area (Å²) in [6.45, 7) is 6.81. The van der Waals surface area contributed by atoms with Gasteiger partial charge in [-0.2, -0.15) is 0 Å². The highest BCUT2D eigenvalue weighted by molar-refractivity contribution is 5.92. The zero-order valence-corrected chi connectivity index (χ0v) is 20.6. The van der Waals surface area contributed by atoms with Gasteiger partial charge in [0.05, 0.1) is 19.3 Å². The number of benzene rings is 2. The van der Waals surface area contributed by atoms with Gasteiger partial charge < -0.3 is 29.4 Å². The summed E-state index contributed by atoms with van der Waals surface area (Å²) in [5, 5.41) is 14.2. The molecule has 2 N–H and O–H groups in total. The minimum absolute atomic E-state index is 0.0295. The number of ether oxygens (including phenoxy) is 4. The Morgan fingerprint density at radius 3 is 2.89 bits per heavy atom. The number of rotatable bonds is 2. The fourth-order valence-electron chi connectivity index (χ4n) is 5.86. The van der Waals surface area contributed by atoms with Crippen molar-refractivity contribution in [1.29, 1.82) is 0 Å². The van der Waals surface area contributed by atoms with Gasteiger partial charge in [0.2, 0.25) is 0 Å². The Morgan fingerprint density at radius 1 is 1.25 bits per heavy atom. The molecule has 2 atom stereocenters. The van der Waals surface area contributed by atoms with E-state index in [1.165, 1.54) is 24.8 Å². The second-order valence-electron chi connectivity index (χ2n) is 10.1. The molecule has 0 saturated carbocycles. The van der Waals surface area contributed by atoms with Crippen LogP contribution in [0.4, 0.5) is 4.39 Å². The zero-order chi connectivity index (χ0) is 25.2. The molecule has 0 spiro atoms. The van der Waals surface area contributed by atoms with Gasteiger partial charge >= 0.3 is 0 Å². The summed E-state index contributed by atoms with van der Waals surface area (Å²) < 4.78 is 37.8. The Kier molecular flexibility index (Phi) is 5.24. The van der Waals surface area contributed by atoms with E-state index in [2.05, 4.69) is 44.3 Å². The first-order valence-electron chi connectivity index (χ1n) is 12.0. The van der Waals surface area contributed by atoms with Gasteiger partial charge in [-0.3, -0.25) is 0 Å². The number of hydrogen-bond acceptors (Lipinski definition) is 6. The first-order chi connectivity index (χ1) is 17.3. The average Bonchev–Trinajstić information content (AvgIpc) is 2.83. The highest BCUT2D eigenvalue weighted by Crippen LogP contribution is 2.53. The van der Waals surface area contributed by atoms with Gasteiger partial charge in [-0.25, -0.2) is 4.39 Å². The van der Waals surface area contributed by atoms with E-state index in [9.17, 15) is 9.50 Å². The zero-order valence-electron chi connectivity index (χ0n) is 20.6. The van der Waals surface area contributed by atoms with E-state index in [1.807, 2.05) is 6.08 Å². The summed E-state index contributed by atoms with van der Waals surface area (Å²) in [7, 11) is 1.53. The largest absolute Gasteiger partial charge is 0.504 e. The van der Waals surface area contributed by atoms with E-state index in [-0.39, 0.29) is 42.5 Å². The van der Waals surface area contributed by atoms with Gasteiger partial charge in [0.25, 0.3) is 0 Å². The summed E-state index contributed by atoms with van der Waals surface area (Å²) in [4.78, 5) is 0. The lowest BCUT2D eigenvalue weighted by atomic mass is 9.71. The molecule has 0 saturated heterocycles. The van der Waals surface area contributed by atoms with Crippen LogP contribution in [-0.2, 0) is 11.3 Å². The smallest absolute Gasteiger partial charge is 0.189 e. The lowest BCUT2D eigenvalue weighted by Gasteiger charge is -2.44. The molecule has 3 aliphatic heterocycles. The molecular formula is C29H28FNO5. The van der Waals surface area contributed by atoms with Crippen molar-refractivity contribution in [3.05, 3.63) is 81.9 Å². The predicted molar refractivity (Wildman–Crippen MR) is 134 cm³/mol. The summed E-state index contributed by atoms with van der Waals surface area (Å²) in [6, 6.07) is 6.20. The Bertz CT molecular complexity index is 1400. The minimum atomic E-state index is -0.370. The molecule has 36 heavy (non-hydrogen) atoms. The molecule has 4 aliphatic rings. The molecule has 0 bridgehead atoms. The molecule has 0 aromatic heterocycles. The number of fused-ring (bicyclic) bond motifs is 5. The molecular weight excluding hydrogens is 461 g/mol. The summed E-state index contributed by atoms with van der Waals surface area (Å²) in [5.74, 6) is 1.74. The summed E-state index contributed by atoms with van der Waals surface area (Å²) in [6.07, 6.45) is 8.28. The molecule has 0 radical (unpaired) electrons. The van der Waals surface area contributed by atoms with Crippen LogP contribution >= 0.6 is 0 Å². The highest BCUT2D eigenvalue weighted by Gasteiger charge is 2.42. The van der Waals surface area contributed by atoms with Gasteiger partial charge in [0.1, 0.15) is 23.1 Å². The molecule has 1 aliphatic carbocycles. The fourth-order valence-corrected chi connectivity index (χ4v) is 5.86. The SMILES string of the molecule is COc1c(O)ccc2c1C1=C(/C(=C/c3cc(F)cc4c3OCOC4)O2)C2C(C)=CC(C)(C)NC2C=C1. The van der Waals surface area contributed by atoms with Crippen LogP contribution in [0.5, 0.6) is 23.0 Å². The average molecular weight is 490 g/mol. The molecule has 2 aromatic carbocycles. The number of methoxy groups -OCH3 is 1. The van der Waals surface area contributed by atoms with Crippen LogP contribution in [0, 0.1) is 11.7 Å². The van der Waals surface area contributed by atoms with Crippen LogP contribution in [-0.4, -0.2) is 30.6 Å². The van der Waals surface area contributed by atoms with Crippen LogP contribution in [0.15, 0.2) is 59.4 Å². The number of aromatic hydroxyl groups is 1. The number of phenols is 1. The Hall–Kier alpha value is -3.55. The molecule has 186 valence electrons. The third-order valence-corrected chi connectivity index (χ3v) is 7.10. The quantitative estimate of drug-likeness (QED) is 0.545. The normalized spacial score (nSPS) is 24.6. The van der Waals surface area contributed by atoms with Gasteiger partial charge in [0.15, 0.2) is 18.3 Å². The van der Waals surface area contributed by atoms with Gasteiger partial charge in [-0.1, -0.05) is 23.8 Å². The van der Waals surface area contributed by atoms with E-state index in [0.29, 0.717) is 39.7 Å². The number of allylic oxidation sites excluding steroid dienone is 3. The Balaban J connectivity index is 1.61. The van der Waals surface area contributed by atoms with Crippen molar-refractivity contribution >= 4 is 11.6 Å². The second-order valence-corrected chi connectivity index (χ2v) is 10.1. The summed E-state index contributed by atoms with van der Waals surface area (Å²) in [5.41, 5.74) is 4.81. The maximum absolute atomic E-state index is 14.6. The van der Waals surface area contributed by atoms with Gasteiger partial charge in [-0.05, 0) is 56.7 Å². The van der Waals surface area contributed by atoms with Crippen molar-refractivity contribution in [3.8, 4) is 23.0 Å². The Labute approximate surface area is 209 Å². The number of nitrogens with one attached hydrogen (secondary N) is 1. The van der Waals surface area contributed by atoms with Crippen molar-refractivity contribution in [3.63, 3.8) is 0 Å². The maximum Gasteiger partial charge on any atom is 0.189 e. The van der Waals surface area contributed by atoms with Crippen molar-refractivity contribution in [2.45, 2.75) is 39.0 Å². The van der Waals surface area contributed by atoms with Crippen LogP contribution in [0.2, 0.25) is 0 Å². The van der Waals surface area contributed by atoms with Crippen molar-refractivity contribution in [2.75, 3.05) is 13.9 Å². The molecule has 0 amide bonds. The van der Waals surface area contributed by atoms with Crippen molar-refractivity contribution in [2.24, 2.45) is 5.92 Å². The molecule has 2 aromatic rings. The van der Waals surface area contributed by atoms with E-state index in [0.717, 1.165) is 11.1 Å². The predicted octanol–water partition coefficient (Wildman–Crippen LogP) is 5.48. The summed E-state index contributed by atoms with van der Waals surface area (Å²) >= 11 is 0. The Morgan fingerprint density at radius 2 is 2.08 bits per heavy atom. The van der Waals surface area contributed by atoms with Crippen LogP contribution in [0.3, 0.4) is 0 Å². The first-order valence-corrected chi connectivity index (χ1v) is 12.0. The van der Waals surface area contributed by atoms with E-state index in [1.54, 1.807) is 12.1 Å². The molecule has 6 nitrogen and oxygen atoms in total. The van der Waals surface area contributed by atoms with Crippen LogP contribution in [0.25, 0.3) is 11.6 Å².